The topological polar surface area (TPSA) is 70.4 Å². The van der Waals surface area contributed by atoms with Gasteiger partial charge in [0.15, 0.2) is 5.96 Å². The predicted octanol–water partition coefficient (Wildman–Crippen LogP) is 2.16. The molecule has 0 amide bonds. The second kappa shape index (κ2) is 9.68. The van der Waals surface area contributed by atoms with Crippen molar-refractivity contribution < 1.29 is 0 Å². The van der Waals surface area contributed by atoms with Crippen LogP contribution in [-0.2, 0) is 26.7 Å². The summed E-state index contributed by atoms with van der Waals surface area (Å²) in [6.07, 6.45) is 2.91. The maximum atomic E-state index is 4.27. The average molecular weight is 384 g/mol. The van der Waals surface area contributed by atoms with Crippen molar-refractivity contribution in [3.63, 3.8) is 0 Å². The van der Waals surface area contributed by atoms with E-state index in [-0.39, 0.29) is 0 Å². The molecule has 1 aromatic carbocycles. The van der Waals surface area contributed by atoms with Crippen LogP contribution in [0.4, 0.5) is 0 Å². The third-order valence-corrected chi connectivity index (χ3v) is 5.28. The summed E-state index contributed by atoms with van der Waals surface area (Å²) in [4.78, 5) is 11.1. The molecule has 7 nitrogen and oxygen atoms in total. The first-order valence-electron chi connectivity index (χ1n) is 10.1. The highest BCUT2D eigenvalue weighted by Crippen LogP contribution is 2.22. The van der Waals surface area contributed by atoms with Gasteiger partial charge in [-0.2, -0.15) is 5.10 Å². The lowest BCUT2D eigenvalue weighted by Crippen LogP contribution is -2.38. The number of aliphatic imine (C=N–C) groups is 1. The zero-order valence-electron chi connectivity index (χ0n) is 17.5. The van der Waals surface area contributed by atoms with Crippen molar-refractivity contribution in [2.24, 2.45) is 23.9 Å². The molecule has 2 unspecified atom stereocenters. The van der Waals surface area contributed by atoms with Crippen LogP contribution < -0.4 is 10.6 Å². The lowest BCUT2D eigenvalue weighted by atomic mass is 9.91. The number of likely N-dealkylation sites (tertiary alicyclic amines) is 1. The number of nitrogens with zero attached hydrogens (tertiary/aromatic N) is 5. The van der Waals surface area contributed by atoms with E-state index in [1.165, 1.54) is 30.6 Å². The zero-order valence-corrected chi connectivity index (χ0v) is 17.5. The van der Waals surface area contributed by atoms with Crippen molar-refractivity contribution in [1.29, 1.82) is 0 Å². The first kappa shape index (κ1) is 20.3. The van der Waals surface area contributed by atoms with E-state index in [0.29, 0.717) is 6.54 Å². The Bertz CT molecular complexity index is 755. The van der Waals surface area contributed by atoms with Gasteiger partial charge in [-0.1, -0.05) is 38.1 Å². The van der Waals surface area contributed by atoms with Gasteiger partial charge in [0.2, 0.25) is 0 Å². The largest absolute Gasteiger partial charge is 0.352 e. The Hall–Kier alpha value is -2.41. The number of hydrogen-bond acceptors (Lipinski definition) is 4. The van der Waals surface area contributed by atoms with Gasteiger partial charge in [0, 0.05) is 40.3 Å². The molecule has 7 heteroatoms. The van der Waals surface area contributed by atoms with Gasteiger partial charge in [-0.05, 0) is 29.4 Å². The van der Waals surface area contributed by atoms with Crippen LogP contribution in [0.15, 0.2) is 35.6 Å². The van der Waals surface area contributed by atoms with Gasteiger partial charge in [-0.3, -0.25) is 14.6 Å². The summed E-state index contributed by atoms with van der Waals surface area (Å²) in [5, 5.41) is 10.7. The molecule has 1 saturated heterocycles. The molecule has 1 aliphatic rings. The van der Waals surface area contributed by atoms with Crippen molar-refractivity contribution in [1.82, 2.24) is 30.3 Å². The van der Waals surface area contributed by atoms with Crippen LogP contribution in [0.5, 0.6) is 0 Å². The molecule has 1 aliphatic heterocycles. The molecule has 1 aromatic heterocycles. The normalized spacial score (nSPS) is 20.9. The number of hydrogen-bond donors (Lipinski definition) is 2. The fourth-order valence-corrected chi connectivity index (χ4v) is 3.99. The van der Waals surface area contributed by atoms with Gasteiger partial charge in [-0.25, -0.2) is 4.98 Å². The molecule has 2 heterocycles. The van der Waals surface area contributed by atoms with E-state index in [9.17, 15) is 0 Å². The van der Waals surface area contributed by atoms with Gasteiger partial charge in [0.1, 0.15) is 12.2 Å². The second-order valence-electron chi connectivity index (χ2n) is 8.04. The first-order valence-corrected chi connectivity index (χ1v) is 10.1. The van der Waals surface area contributed by atoms with Crippen LogP contribution in [-0.4, -0.2) is 45.8 Å². The van der Waals surface area contributed by atoms with Crippen molar-refractivity contribution in [2.45, 2.75) is 39.9 Å². The fourth-order valence-electron chi connectivity index (χ4n) is 3.99. The average Bonchev–Trinajstić information content (AvgIpc) is 3.07. The van der Waals surface area contributed by atoms with Crippen LogP contribution in [0.25, 0.3) is 0 Å². The lowest BCUT2D eigenvalue weighted by molar-refractivity contribution is 0.134. The zero-order chi connectivity index (χ0) is 19.9. The number of aromatic nitrogens is 3. The Morgan fingerprint density at radius 1 is 1.07 bits per heavy atom. The number of benzene rings is 1. The summed E-state index contributed by atoms with van der Waals surface area (Å²) in [6, 6.07) is 8.90. The van der Waals surface area contributed by atoms with Gasteiger partial charge < -0.3 is 10.6 Å². The summed E-state index contributed by atoms with van der Waals surface area (Å²) >= 11 is 0. The molecule has 0 aliphatic carbocycles. The third kappa shape index (κ3) is 5.79. The molecule has 152 valence electrons. The summed E-state index contributed by atoms with van der Waals surface area (Å²) in [5.41, 5.74) is 2.63. The highest BCUT2D eigenvalue weighted by molar-refractivity contribution is 5.79. The van der Waals surface area contributed by atoms with E-state index in [0.717, 1.165) is 36.7 Å². The smallest absolute Gasteiger partial charge is 0.191 e. The van der Waals surface area contributed by atoms with E-state index >= 15 is 0 Å². The Balaban J connectivity index is 1.46. The van der Waals surface area contributed by atoms with E-state index in [2.05, 4.69) is 68.7 Å². The highest BCUT2D eigenvalue weighted by atomic mass is 15.3. The maximum Gasteiger partial charge on any atom is 0.191 e. The Morgan fingerprint density at radius 3 is 2.32 bits per heavy atom. The Kier molecular flexibility index (Phi) is 7.03. The highest BCUT2D eigenvalue weighted by Gasteiger charge is 2.21. The van der Waals surface area contributed by atoms with Gasteiger partial charge in [0.05, 0.1) is 6.54 Å². The number of aryl methyl sites for hydroxylation is 1. The minimum absolute atomic E-state index is 0.585. The van der Waals surface area contributed by atoms with Crippen molar-refractivity contribution in [2.75, 3.05) is 20.1 Å². The summed E-state index contributed by atoms with van der Waals surface area (Å²) in [6.45, 7) is 9.51. The van der Waals surface area contributed by atoms with E-state index < -0.39 is 0 Å². The van der Waals surface area contributed by atoms with Gasteiger partial charge >= 0.3 is 0 Å². The molecule has 2 N–H and O–H groups in total. The summed E-state index contributed by atoms with van der Waals surface area (Å²) < 4.78 is 1.75. The Labute approximate surface area is 168 Å². The van der Waals surface area contributed by atoms with E-state index in [1.807, 2.05) is 7.05 Å². The predicted molar refractivity (Wildman–Crippen MR) is 113 cm³/mol. The molecule has 3 rings (SSSR count). The van der Waals surface area contributed by atoms with E-state index in [1.54, 1.807) is 18.1 Å². The lowest BCUT2D eigenvalue weighted by Gasteiger charge is -2.35. The number of guanidine groups is 1. The van der Waals surface area contributed by atoms with Crippen molar-refractivity contribution in [3.05, 3.63) is 47.5 Å². The second-order valence-corrected chi connectivity index (χ2v) is 8.04. The number of piperidine rings is 1. The Morgan fingerprint density at radius 2 is 1.71 bits per heavy atom. The first-order chi connectivity index (χ1) is 13.5. The van der Waals surface area contributed by atoms with Crippen LogP contribution >= 0.6 is 0 Å². The quantitative estimate of drug-likeness (QED) is 0.591. The van der Waals surface area contributed by atoms with E-state index in [4.69, 9.17) is 0 Å². The molecule has 0 bridgehead atoms. The molecule has 2 aromatic rings. The molecule has 28 heavy (non-hydrogen) atoms. The molecule has 2 atom stereocenters. The fraction of sp³-hybridized carbons (Fsp3) is 0.571. The minimum atomic E-state index is 0.585. The third-order valence-electron chi connectivity index (χ3n) is 5.28. The summed E-state index contributed by atoms with van der Waals surface area (Å²) in [7, 11) is 3.66. The molecule has 0 saturated carbocycles. The van der Waals surface area contributed by atoms with Crippen LogP contribution in [0.2, 0.25) is 0 Å². The molecular weight excluding hydrogens is 350 g/mol. The number of nitrogens with one attached hydrogen (secondary N) is 2. The SMILES string of the molecule is CN=C(NCc1ccc(CN2CC(C)CC(C)C2)cc1)NCc1ncnn1C. The monoisotopic (exact) mass is 383 g/mol. The van der Waals surface area contributed by atoms with Crippen molar-refractivity contribution >= 4 is 5.96 Å². The molecule has 0 spiro atoms. The number of rotatable bonds is 6. The van der Waals surface area contributed by atoms with Crippen LogP contribution in [0, 0.1) is 11.8 Å². The minimum Gasteiger partial charge on any atom is -0.352 e. The van der Waals surface area contributed by atoms with Crippen molar-refractivity contribution in [3.8, 4) is 0 Å². The molecular formula is C21H33N7. The van der Waals surface area contributed by atoms with Gasteiger partial charge in [-0.15, -0.1) is 0 Å². The van der Waals surface area contributed by atoms with Crippen LogP contribution in [0.3, 0.4) is 0 Å². The maximum absolute atomic E-state index is 4.27. The standard InChI is InChI=1S/C21H33N7/c1-16-9-17(2)13-28(12-16)14-19-7-5-18(6-8-19)10-23-21(22-3)24-11-20-25-15-26-27(20)4/h5-8,15-17H,9-14H2,1-4H3,(H2,22,23,24). The van der Waals surface area contributed by atoms with Gasteiger partial charge in [0.25, 0.3) is 0 Å². The van der Waals surface area contributed by atoms with Crippen LogP contribution in [0.1, 0.15) is 37.2 Å². The summed E-state index contributed by atoms with van der Waals surface area (Å²) in [5.74, 6) is 3.22. The molecule has 0 radical (unpaired) electrons. The molecule has 1 fully saturated rings.